The zero-order valence-electron chi connectivity index (χ0n) is 37.2. The van der Waals surface area contributed by atoms with Gasteiger partial charge >= 0.3 is 0 Å². The lowest BCUT2D eigenvalue weighted by molar-refractivity contribution is 0.118. The van der Waals surface area contributed by atoms with Crippen molar-refractivity contribution in [1.29, 1.82) is 0 Å². The smallest absolute Gasteiger partial charge is 0.194 e. The summed E-state index contributed by atoms with van der Waals surface area (Å²) in [5.74, 6) is -8.34. The van der Waals surface area contributed by atoms with Crippen LogP contribution in [0, 0.1) is 62.6 Å². The maximum atomic E-state index is 13.8. The number of hydrogen-bond donors (Lipinski definition) is 2. The van der Waals surface area contributed by atoms with Crippen molar-refractivity contribution in [3.63, 3.8) is 0 Å². The third-order valence-electron chi connectivity index (χ3n) is 12.0. The van der Waals surface area contributed by atoms with Crippen molar-refractivity contribution in [3.05, 3.63) is 189 Å². The molecular formula is C50H44F6N10O2. The SMILES string of the molecule is Cc1cn(-c2ccc(/C=C/c3nc4n(n3)CC[C@@H](O)C4c3cc(F)c(F)c(F)c3)cc2C)cn1.Cc1cn(-c2ccc(/C=C/c3nc4n(n3)CC[C@H](O)[C@@H]4c3cc(F)c(F)c(F)c3)cc2C)cn1. The van der Waals surface area contributed by atoms with E-state index in [0.29, 0.717) is 49.2 Å². The third-order valence-corrected chi connectivity index (χ3v) is 12.0. The second kappa shape index (κ2) is 18.7. The Morgan fingerprint density at radius 1 is 0.529 bits per heavy atom. The highest BCUT2D eigenvalue weighted by Gasteiger charge is 2.35. The molecule has 4 aromatic heterocycles. The van der Waals surface area contributed by atoms with Crippen molar-refractivity contribution < 1.29 is 36.6 Å². The summed E-state index contributed by atoms with van der Waals surface area (Å²) in [4.78, 5) is 17.5. The normalized spacial score (nSPS) is 17.9. The molecule has 0 bridgehead atoms. The van der Waals surface area contributed by atoms with E-state index in [-0.39, 0.29) is 11.1 Å². The third kappa shape index (κ3) is 9.28. The van der Waals surface area contributed by atoms with E-state index in [9.17, 15) is 36.6 Å². The Balaban J connectivity index is 0.000000170. The highest BCUT2D eigenvalue weighted by atomic mass is 19.2. The average molecular weight is 931 g/mol. The van der Waals surface area contributed by atoms with E-state index in [2.05, 4.69) is 30.1 Å². The van der Waals surface area contributed by atoms with Crippen LogP contribution in [0.5, 0.6) is 0 Å². The highest BCUT2D eigenvalue weighted by molar-refractivity contribution is 5.69. The van der Waals surface area contributed by atoms with Gasteiger partial charge in [-0.25, -0.2) is 55.6 Å². The Labute approximate surface area is 386 Å². The van der Waals surface area contributed by atoms with E-state index in [0.717, 1.165) is 69.3 Å². The van der Waals surface area contributed by atoms with Crippen molar-refractivity contribution in [2.24, 2.45) is 0 Å². The summed E-state index contributed by atoms with van der Waals surface area (Å²) in [7, 11) is 0. The monoisotopic (exact) mass is 930 g/mol. The van der Waals surface area contributed by atoms with Gasteiger partial charge in [0.2, 0.25) is 0 Å². The molecule has 2 aliphatic heterocycles. The topological polar surface area (TPSA) is 138 Å². The number of aliphatic hydroxyl groups is 2. The zero-order chi connectivity index (χ0) is 48.0. The Morgan fingerprint density at radius 3 is 1.25 bits per heavy atom. The van der Waals surface area contributed by atoms with E-state index >= 15 is 0 Å². The summed E-state index contributed by atoms with van der Waals surface area (Å²) in [6.07, 6.45) is 13.5. The van der Waals surface area contributed by atoms with Crippen LogP contribution in [0.1, 0.15) is 92.7 Å². The predicted molar refractivity (Wildman–Crippen MR) is 242 cm³/mol. The standard InChI is InChI=1S/2C25H22F3N5O/c2*1-14-9-16(3-5-20(14)32-12-15(2)29-13-32)4-6-22-30-25-23(21(34)7-8-33(25)31-22)17-10-18(26)24(28)19(27)11-17/h2*3-6,9-13,21,23,34H,7-8H2,1-2H3/b2*6-4+/t21-,23?;21-,23-/m10/s1. The van der Waals surface area contributed by atoms with Crippen LogP contribution in [0.3, 0.4) is 0 Å². The lowest BCUT2D eigenvalue weighted by Gasteiger charge is -2.27. The van der Waals surface area contributed by atoms with Gasteiger partial charge < -0.3 is 19.3 Å². The van der Waals surface area contributed by atoms with Crippen LogP contribution in [0.4, 0.5) is 26.3 Å². The first-order chi connectivity index (χ1) is 32.6. The van der Waals surface area contributed by atoms with Crippen LogP contribution < -0.4 is 0 Å². The van der Waals surface area contributed by atoms with E-state index < -0.39 is 58.9 Å². The van der Waals surface area contributed by atoms with Crippen molar-refractivity contribution >= 4 is 24.3 Å². The molecule has 0 aliphatic carbocycles. The molecule has 4 atom stereocenters. The Hall–Kier alpha value is -7.44. The molecule has 2 N–H and O–H groups in total. The van der Waals surface area contributed by atoms with Crippen LogP contribution >= 0.6 is 0 Å². The van der Waals surface area contributed by atoms with Gasteiger partial charge in [0, 0.05) is 36.9 Å². The van der Waals surface area contributed by atoms with Gasteiger partial charge in [0.1, 0.15) is 11.6 Å². The highest BCUT2D eigenvalue weighted by Crippen LogP contribution is 2.36. The maximum Gasteiger partial charge on any atom is 0.194 e. The molecule has 18 heteroatoms. The lowest BCUT2D eigenvalue weighted by Crippen LogP contribution is -2.30. The van der Waals surface area contributed by atoms with E-state index in [1.54, 1.807) is 34.2 Å². The number of hydrogen-bond acceptors (Lipinski definition) is 8. The number of imidazole rings is 2. The fraction of sp³-hybridized carbons (Fsp3) is 0.240. The summed E-state index contributed by atoms with van der Waals surface area (Å²) in [6.45, 7) is 8.74. The van der Waals surface area contributed by atoms with Gasteiger partial charge in [-0.05, 0) is 135 Å². The molecule has 6 heterocycles. The molecule has 68 heavy (non-hydrogen) atoms. The average Bonchev–Trinajstić information content (AvgIpc) is 4.13. The van der Waals surface area contributed by atoms with Gasteiger partial charge in [0.05, 0.1) is 48.1 Å². The molecule has 2 aliphatic rings. The Kier molecular flexibility index (Phi) is 12.6. The van der Waals surface area contributed by atoms with E-state index in [4.69, 9.17) is 0 Å². The molecule has 0 saturated heterocycles. The second-order valence-electron chi connectivity index (χ2n) is 17.0. The molecule has 12 nitrogen and oxygen atoms in total. The first-order valence-corrected chi connectivity index (χ1v) is 21.7. The number of fused-ring (bicyclic) bond motifs is 2. The summed E-state index contributed by atoms with van der Waals surface area (Å²) in [5, 5.41) is 30.0. The molecular weight excluding hydrogens is 887 g/mol. The fourth-order valence-electron chi connectivity index (χ4n) is 8.71. The maximum absolute atomic E-state index is 13.8. The molecule has 0 amide bonds. The molecule has 10 rings (SSSR count). The number of halogens is 6. The summed E-state index contributed by atoms with van der Waals surface area (Å²) in [6, 6.07) is 15.6. The quantitative estimate of drug-likeness (QED) is 0.114. The summed E-state index contributed by atoms with van der Waals surface area (Å²) >= 11 is 0. The number of aryl methyl sites for hydroxylation is 6. The van der Waals surface area contributed by atoms with Gasteiger partial charge in [-0.1, -0.05) is 24.3 Å². The second-order valence-corrected chi connectivity index (χ2v) is 17.0. The molecule has 348 valence electrons. The number of aromatic nitrogens is 10. The number of aliphatic hydroxyl groups excluding tert-OH is 2. The van der Waals surface area contributed by atoms with Crippen molar-refractivity contribution in [2.75, 3.05) is 0 Å². The minimum Gasteiger partial charge on any atom is -0.392 e. The summed E-state index contributed by atoms with van der Waals surface area (Å²) in [5.41, 5.74) is 8.21. The number of benzene rings is 4. The molecule has 0 fully saturated rings. The molecule has 0 radical (unpaired) electrons. The minimum atomic E-state index is -1.54. The molecule has 8 aromatic rings. The van der Waals surface area contributed by atoms with Crippen molar-refractivity contribution in [1.82, 2.24) is 48.6 Å². The molecule has 0 spiro atoms. The Bertz CT molecular complexity index is 2980. The number of rotatable bonds is 8. The van der Waals surface area contributed by atoms with E-state index in [1.807, 2.05) is 97.8 Å². The van der Waals surface area contributed by atoms with Crippen molar-refractivity contribution in [2.45, 2.75) is 77.7 Å². The predicted octanol–water partition coefficient (Wildman–Crippen LogP) is 9.13. The van der Waals surface area contributed by atoms with Gasteiger partial charge in [-0.3, -0.25) is 0 Å². The lowest BCUT2D eigenvalue weighted by atomic mass is 9.88. The van der Waals surface area contributed by atoms with E-state index in [1.165, 1.54) is 0 Å². The minimum absolute atomic E-state index is 0.119. The van der Waals surface area contributed by atoms with Gasteiger partial charge in [-0.15, -0.1) is 0 Å². The molecule has 0 saturated carbocycles. The first-order valence-electron chi connectivity index (χ1n) is 21.7. The fourth-order valence-corrected chi connectivity index (χ4v) is 8.71. The zero-order valence-corrected chi connectivity index (χ0v) is 37.2. The van der Waals surface area contributed by atoms with Crippen molar-refractivity contribution in [3.8, 4) is 11.4 Å². The largest absolute Gasteiger partial charge is 0.392 e. The first kappa shape index (κ1) is 45.7. The van der Waals surface area contributed by atoms with Gasteiger partial charge in [-0.2, -0.15) is 10.2 Å². The molecule has 1 unspecified atom stereocenters. The van der Waals surface area contributed by atoms with Crippen LogP contribution in [0.25, 0.3) is 35.7 Å². The van der Waals surface area contributed by atoms with Crippen LogP contribution in [0.15, 0.2) is 85.7 Å². The van der Waals surface area contributed by atoms with Gasteiger partial charge in [0.25, 0.3) is 0 Å². The number of nitrogens with zero attached hydrogens (tertiary/aromatic N) is 10. The summed E-state index contributed by atoms with van der Waals surface area (Å²) < 4.78 is 89.3. The van der Waals surface area contributed by atoms with Crippen LogP contribution in [0.2, 0.25) is 0 Å². The van der Waals surface area contributed by atoms with Crippen LogP contribution in [-0.4, -0.2) is 71.1 Å². The Morgan fingerprint density at radius 2 is 0.912 bits per heavy atom. The van der Waals surface area contributed by atoms with Crippen LogP contribution in [-0.2, 0) is 13.1 Å². The molecule has 4 aromatic carbocycles. The van der Waals surface area contributed by atoms with Gasteiger partial charge in [0.15, 0.2) is 46.6 Å².